The predicted octanol–water partition coefficient (Wildman–Crippen LogP) is 2.33. The van der Waals surface area contributed by atoms with Crippen molar-refractivity contribution in [2.45, 2.75) is 32.2 Å². The summed E-state index contributed by atoms with van der Waals surface area (Å²) in [6.07, 6.45) is 2.56. The Hall–Kier alpha value is -1.91. The minimum absolute atomic E-state index is 0.111. The van der Waals surface area contributed by atoms with Crippen LogP contribution in [0.2, 0.25) is 0 Å². The molecular weight excluding hydrogens is 261 g/mol. The second-order valence-corrected chi connectivity index (χ2v) is 5.24. The van der Waals surface area contributed by atoms with Gasteiger partial charge in [0.1, 0.15) is 5.82 Å². The van der Waals surface area contributed by atoms with E-state index in [0.29, 0.717) is 19.4 Å². The molecule has 108 valence electrons. The van der Waals surface area contributed by atoms with Crippen molar-refractivity contribution in [3.63, 3.8) is 0 Å². The average Bonchev–Trinajstić information content (AvgIpc) is 2.46. The molecule has 0 radical (unpaired) electrons. The Labute approximate surface area is 117 Å². The maximum absolute atomic E-state index is 12.8. The number of carboxylic acids is 1. The zero-order valence-corrected chi connectivity index (χ0v) is 11.1. The second-order valence-electron chi connectivity index (χ2n) is 5.24. The fourth-order valence-corrected chi connectivity index (χ4v) is 2.59. The Morgan fingerprint density at radius 1 is 1.20 bits per heavy atom. The van der Waals surface area contributed by atoms with Crippen LogP contribution in [0, 0.1) is 17.7 Å². The molecule has 1 saturated carbocycles. The van der Waals surface area contributed by atoms with E-state index >= 15 is 0 Å². The summed E-state index contributed by atoms with van der Waals surface area (Å²) in [7, 11) is 0. The van der Waals surface area contributed by atoms with E-state index in [0.717, 1.165) is 18.4 Å². The van der Waals surface area contributed by atoms with Crippen LogP contribution in [0.1, 0.15) is 31.2 Å². The molecule has 0 aliphatic heterocycles. The molecule has 2 atom stereocenters. The Morgan fingerprint density at radius 3 is 2.50 bits per heavy atom. The number of hydrogen-bond donors (Lipinski definition) is 2. The molecule has 20 heavy (non-hydrogen) atoms. The van der Waals surface area contributed by atoms with Crippen LogP contribution >= 0.6 is 0 Å². The van der Waals surface area contributed by atoms with Crippen LogP contribution in [0.5, 0.6) is 0 Å². The molecule has 5 heteroatoms. The molecule has 0 aromatic heterocycles. The molecule has 2 rings (SSSR count). The number of carbonyl (C=O) groups is 2. The van der Waals surface area contributed by atoms with Crippen molar-refractivity contribution < 1.29 is 19.1 Å². The van der Waals surface area contributed by atoms with Crippen LogP contribution in [0.25, 0.3) is 0 Å². The number of aliphatic carboxylic acids is 1. The molecule has 0 saturated heterocycles. The zero-order valence-electron chi connectivity index (χ0n) is 11.1. The molecule has 4 nitrogen and oxygen atoms in total. The molecule has 2 N–H and O–H groups in total. The van der Waals surface area contributed by atoms with Gasteiger partial charge in [0, 0.05) is 12.5 Å². The van der Waals surface area contributed by atoms with Crippen molar-refractivity contribution in [3.05, 3.63) is 35.6 Å². The first-order valence-electron chi connectivity index (χ1n) is 6.81. The third-order valence-electron chi connectivity index (χ3n) is 3.77. The fraction of sp³-hybridized carbons (Fsp3) is 0.467. The van der Waals surface area contributed by atoms with Crippen LogP contribution in [0.3, 0.4) is 0 Å². The van der Waals surface area contributed by atoms with Gasteiger partial charge >= 0.3 is 5.97 Å². The van der Waals surface area contributed by atoms with E-state index in [4.69, 9.17) is 5.11 Å². The SMILES string of the molecule is O=C(O)C1CCCC(C(=O)NCc2ccc(F)cc2)C1. The molecule has 2 unspecified atom stereocenters. The lowest BCUT2D eigenvalue weighted by atomic mass is 9.81. The molecule has 1 aliphatic rings. The van der Waals surface area contributed by atoms with Gasteiger partial charge in [-0.2, -0.15) is 0 Å². The minimum atomic E-state index is -0.818. The number of nitrogens with one attached hydrogen (secondary N) is 1. The maximum Gasteiger partial charge on any atom is 0.306 e. The Bertz CT molecular complexity index is 486. The largest absolute Gasteiger partial charge is 0.481 e. The van der Waals surface area contributed by atoms with E-state index in [1.54, 1.807) is 12.1 Å². The molecule has 0 bridgehead atoms. The third kappa shape index (κ3) is 3.79. The molecule has 1 aliphatic carbocycles. The van der Waals surface area contributed by atoms with Crippen LogP contribution < -0.4 is 5.32 Å². The highest BCUT2D eigenvalue weighted by Crippen LogP contribution is 2.29. The highest BCUT2D eigenvalue weighted by molar-refractivity contribution is 5.80. The summed E-state index contributed by atoms with van der Waals surface area (Å²) in [6, 6.07) is 5.94. The lowest BCUT2D eigenvalue weighted by Crippen LogP contribution is -2.35. The van der Waals surface area contributed by atoms with Crippen molar-refractivity contribution in [1.82, 2.24) is 5.32 Å². The molecule has 1 amide bonds. The van der Waals surface area contributed by atoms with Gasteiger partial charge in [-0.25, -0.2) is 4.39 Å². The number of hydrogen-bond acceptors (Lipinski definition) is 2. The molecular formula is C15H18FNO3. The van der Waals surface area contributed by atoms with Gasteiger partial charge in [-0.3, -0.25) is 9.59 Å². The van der Waals surface area contributed by atoms with Gasteiger partial charge in [-0.05, 0) is 37.0 Å². The van der Waals surface area contributed by atoms with Crippen molar-refractivity contribution in [1.29, 1.82) is 0 Å². The molecule has 1 aromatic rings. The number of rotatable bonds is 4. The molecule has 1 aromatic carbocycles. The number of carbonyl (C=O) groups excluding carboxylic acids is 1. The summed E-state index contributed by atoms with van der Waals surface area (Å²) in [5.74, 6) is -1.88. The van der Waals surface area contributed by atoms with Crippen LogP contribution in [-0.2, 0) is 16.1 Å². The standard InChI is InChI=1S/C15H18FNO3/c16-13-6-4-10(5-7-13)9-17-14(18)11-2-1-3-12(8-11)15(19)20/h4-7,11-12H,1-3,8-9H2,(H,17,18)(H,19,20). The normalized spacial score (nSPS) is 22.2. The fourth-order valence-electron chi connectivity index (χ4n) is 2.59. The quantitative estimate of drug-likeness (QED) is 0.889. The van der Waals surface area contributed by atoms with Crippen LogP contribution in [0.15, 0.2) is 24.3 Å². The molecule has 0 heterocycles. The number of amides is 1. The highest BCUT2D eigenvalue weighted by Gasteiger charge is 2.30. The number of benzene rings is 1. The molecule has 0 spiro atoms. The first-order chi connectivity index (χ1) is 9.56. The second kappa shape index (κ2) is 6.50. The summed E-state index contributed by atoms with van der Waals surface area (Å²) < 4.78 is 12.8. The van der Waals surface area contributed by atoms with Crippen molar-refractivity contribution in [2.75, 3.05) is 0 Å². The molecule has 1 fully saturated rings. The Kier molecular flexibility index (Phi) is 4.71. The van der Waals surface area contributed by atoms with E-state index in [-0.39, 0.29) is 17.6 Å². The van der Waals surface area contributed by atoms with E-state index in [1.165, 1.54) is 12.1 Å². The van der Waals surface area contributed by atoms with Gasteiger partial charge < -0.3 is 10.4 Å². The van der Waals surface area contributed by atoms with E-state index in [1.807, 2.05) is 0 Å². The lowest BCUT2D eigenvalue weighted by Gasteiger charge is -2.25. The van der Waals surface area contributed by atoms with Crippen LogP contribution in [0.4, 0.5) is 4.39 Å². The topological polar surface area (TPSA) is 66.4 Å². The van der Waals surface area contributed by atoms with E-state index in [2.05, 4.69) is 5.32 Å². The third-order valence-corrected chi connectivity index (χ3v) is 3.77. The van der Waals surface area contributed by atoms with Gasteiger partial charge in [0.05, 0.1) is 5.92 Å². The maximum atomic E-state index is 12.8. The lowest BCUT2D eigenvalue weighted by molar-refractivity contribution is -0.144. The van der Waals surface area contributed by atoms with Gasteiger partial charge in [-0.1, -0.05) is 18.6 Å². The van der Waals surface area contributed by atoms with E-state index in [9.17, 15) is 14.0 Å². The average molecular weight is 279 g/mol. The van der Waals surface area contributed by atoms with Gasteiger partial charge in [-0.15, -0.1) is 0 Å². The first-order valence-corrected chi connectivity index (χ1v) is 6.81. The monoisotopic (exact) mass is 279 g/mol. The van der Waals surface area contributed by atoms with Crippen LogP contribution in [-0.4, -0.2) is 17.0 Å². The van der Waals surface area contributed by atoms with Crippen molar-refractivity contribution in [2.24, 2.45) is 11.8 Å². The van der Waals surface area contributed by atoms with Gasteiger partial charge in [0.25, 0.3) is 0 Å². The van der Waals surface area contributed by atoms with Crippen molar-refractivity contribution >= 4 is 11.9 Å². The Morgan fingerprint density at radius 2 is 1.85 bits per heavy atom. The van der Waals surface area contributed by atoms with Crippen molar-refractivity contribution in [3.8, 4) is 0 Å². The van der Waals surface area contributed by atoms with E-state index < -0.39 is 11.9 Å². The predicted molar refractivity (Wildman–Crippen MR) is 71.3 cm³/mol. The summed E-state index contributed by atoms with van der Waals surface area (Å²) in [4.78, 5) is 23.0. The summed E-state index contributed by atoms with van der Waals surface area (Å²) in [6.45, 7) is 0.341. The summed E-state index contributed by atoms with van der Waals surface area (Å²) in [5, 5.41) is 11.8. The number of carboxylic acid groups (broad SMARTS) is 1. The summed E-state index contributed by atoms with van der Waals surface area (Å²) >= 11 is 0. The minimum Gasteiger partial charge on any atom is -0.481 e. The highest BCUT2D eigenvalue weighted by atomic mass is 19.1. The summed E-state index contributed by atoms with van der Waals surface area (Å²) in [5.41, 5.74) is 0.824. The van der Waals surface area contributed by atoms with Gasteiger partial charge in [0.15, 0.2) is 0 Å². The smallest absolute Gasteiger partial charge is 0.306 e. The first kappa shape index (κ1) is 14.5. The Balaban J connectivity index is 1.85. The zero-order chi connectivity index (χ0) is 14.5. The number of halogens is 1. The van der Waals surface area contributed by atoms with Gasteiger partial charge in [0.2, 0.25) is 5.91 Å².